The van der Waals surface area contributed by atoms with Crippen LogP contribution in [0.3, 0.4) is 0 Å². The minimum absolute atomic E-state index is 0.113. The summed E-state index contributed by atoms with van der Waals surface area (Å²) in [5.74, 6) is -3.89. The molecule has 0 heterocycles. The molecule has 1 amide bonds. The number of nitrogens with one attached hydrogen (secondary N) is 1. The van der Waals surface area contributed by atoms with E-state index in [0.29, 0.717) is 29.5 Å². The van der Waals surface area contributed by atoms with E-state index in [-0.39, 0.29) is 12.2 Å². The molecule has 3 rings (SSSR count). The summed E-state index contributed by atoms with van der Waals surface area (Å²) in [6.45, 7) is 2.79. The second-order valence-corrected chi connectivity index (χ2v) is 9.01. The fraction of sp³-hybridized carbons (Fsp3) is 0.300. The van der Waals surface area contributed by atoms with Crippen molar-refractivity contribution < 1.29 is 37.7 Å². The molecule has 0 spiro atoms. The molecule has 0 unspecified atom stereocenters. The first-order valence-corrected chi connectivity index (χ1v) is 12.8. The molecular formula is C30H31F2NO6. The standard InChI is InChI=1S/C30H31F2NO6/c1-2-3-4-5-6-17-38-23-14-9-21(10-15-23)30(37)39-24-12-7-20(8-13-24)18-27(29(35)36)33-28(34)25-16-11-22(31)19-26(25)32/h7-16,19,27H,2-6,17-18H2,1H3,(H,33,34)(H,35,36)/t27-/m0/s1. The highest BCUT2D eigenvalue weighted by Gasteiger charge is 2.23. The normalized spacial score (nSPS) is 11.5. The van der Waals surface area contributed by atoms with Crippen LogP contribution in [0.25, 0.3) is 0 Å². The lowest BCUT2D eigenvalue weighted by molar-refractivity contribution is -0.139. The largest absolute Gasteiger partial charge is 0.494 e. The molecule has 0 bridgehead atoms. The Balaban J connectivity index is 1.52. The van der Waals surface area contributed by atoms with Gasteiger partial charge in [0.1, 0.15) is 29.2 Å². The number of carbonyl (C=O) groups excluding carboxylic acids is 2. The number of unbranched alkanes of at least 4 members (excludes halogenated alkanes) is 4. The van der Waals surface area contributed by atoms with Crippen LogP contribution in [0, 0.1) is 11.6 Å². The maximum absolute atomic E-state index is 13.9. The summed E-state index contributed by atoms with van der Waals surface area (Å²) in [6, 6.07) is 13.8. The highest BCUT2D eigenvalue weighted by atomic mass is 19.1. The SMILES string of the molecule is CCCCCCCOc1ccc(C(=O)Oc2ccc(C[C@H](NC(=O)c3ccc(F)cc3F)C(=O)O)cc2)cc1. The van der Waals surface area contributed by atoms with E-state index in [0.717, 1.165) is 25.0 Å². The maximum Gasteiger partial charge on any atom is 0.343 e. The van der Waals surface area contributed by atoms with Gasteiger partial charge in [0.25, 0.3) is 5.91 Å². The van der Waals surface area contributed by atoms with E-state index in [4.69, 9.17) is 9.47 Å². The molecule has 0 aliphatic heterocycles. The zero-order chi connectivity index (χ0) is 28.2. The molecule has 0 aliphatic carbocycles. The number of carboxylic acid groups (broad SMARTS) is 1. The topological polar surface area (TPSA) is 102 Å². The minimum Gasteiger partial charge on any atom is -0.494 e. The van der Waals surface area contributed by atoms with Crippen LogP contribution in [0.15, 0.2) is 66.7 Å². The third-order valence-corrected chi connectivity index (χ3v) is 5.96. The van der Waals surface area contributed by atoms with Gasteiger partial charge in [0.15, 0.2) is 0 Å². The summed E-state index contributed by atoms with van der Waals surface area (Å²) in [7, 11) is 0. The molecule has 3 aromatic carbocycles. The number of benzene rings is 3. The van der Waals surface area contributed by atoms with Crippen LogP contribution in [0.4, 0.5) is 8.78 Å². The Labute approximate surface area is 225 Å². The van der Waals surface area contributed by atoms with Gasteiger partial charge in [0.05, 0.1) is 17.7 Å². The number of carbonyl (C=O) groups is 3. The Morgan fingerprint density at radius 3 is 2.18 bits per heavy atom. The molecule has 2 N–H and O–H groups in total. The van der Waals surface area contributed by atoms with Crippen LogP contribution < -0.4 is 14.8 Å². The fourth-order valence-corrected chi connectivity index (χ4v) is 3.79. The predicted molar refractivity (Wildman–Crippen MR) is 141 cm³/mol. The van der Waals surface area contributed by atoms with E-state index in [1.807, 2.05) is 0 Å². The van der Waals surface area contributed by atoms with Crippen molar-refractivity contribution in [2.24, 2.45) is 0 Å². The van der Waals surface area contributed by atoms with Crippen LogP contribution in [0.1, 0.15) is 65.3 Å². The van der Waals surface area contributed by atoms with Crippen LogP contribution >= 0.6 is 0 Å². The third-order valence-electron chi connectivity index (χ3n) is 5.96. The predicted octanol–water partition coefficient (Wildman–Crippen LogP) is 5.96. The molecule has 3 aromatic rings. The van der Waals surface area contributed by atoms with Crippen molar-refractivity contribution in [1.29, 1.82) is 0 Å². The zero-order valence-electron chi connectivity index (χ0n) is 21.6. The Bertz CT molecular complexity index is 1260. The Kier molecular flexibility index (Phi) is 11.0. The van der Waals surface area contributed by atoms with Gasteiger partial charge >= 0.3 is 11.9 Å². The van der Waals surface area contributed by atoms with Crippen LogP contribution in [0.5, 0.6) is 11.5 Å². The van der Waals surface area contributed by atoms with Gasteiger partial charge in [-0.1, -0.05) is 44.7 Å². The van der Waals surface area contributed by atoms with Gasteiger partial charge in [-0.15, -0.1) is 0 Å². The van der Waals surface area contributed by atoms with Gasteiger partial charge in [-0.25, -0.2) is 18.4 Å². The molecule has 206 valence electrons. The highest BCUT2D eigenvalue weighted by Crippen LogP contribution is 2.18. The van der Waals surface area contributed by atoms with Crippen molar-refractivity contribution >= 4 is 17.8 Å². The van der Waals surface area contributed by atoms with Crippen LogP contribution in [-0.2, 0) is 11.2 Å². The lowest BCUT2D eigenvalue weighted by Gasteiger charge is -2.15. The lowest BCUT2D eigenvalue weighted by atomic mass is 10.0. The van der Waals surface area contributed by atoms with Crippen molar-refractivity contribution in [3.8, 4) is 11.5 Å². The maximum atomic E-state index is 13.9. The Morgan fingerprint density at radius 2 is 1.54 bits per heavy atom. The first kappa shape index (κ1) is 29.3. The number of aliphatic carboxylic acids is 1. The van der Waals surface area contributed by atoms with E-state index in [2.05, 4.69) is 12.2 Å². The highest BCUT2D eigenvalue weighted by molar-refractivity contribution is 5.96. The van der Waals surface area contributed by atoms with Crippen LogP contribution in [0.2, 0.25) is 0 Å². The van der Waals surface area contributed by atoms with Gasteiger partial charge in [0, 0.05) is 12.5 Å². The van der Waals surface area contributed by atoms with Gasteiger partial charge in [-0.3, -0.25) is 4.79 Å². The van der Waals surface area contributed by atoms with Crippen molar-refractivity contribution in [2.75, 3.05) is 6.61 Å². The van der Waals surface area contributed by atoms with E-state index >= 15 is 0 Å². The number of carboxylic acids is 1. The third kappa shape index (κ3) is 9.21. The summed E-state index contributed by atoms with van der Waals surface area (Å²) in [5.41, 5.74) is 0.404. The lowest BCUT2D eigenvalue weighted by Crippen LogP contribution is -2.42. The first-order valence-electron chi connectivity index (χ1n) is 12.8. The Hall–Kier alpha value is -4.27. The van der Waals surface area contributed by atoms with Crippen LogP contribution in [-0.4, -0.2) is 35.6 Å². The summed E-state index contributed by atoms with van der Waals surface area (Å²) >= 11 is 0. The van der Waals surface area contributed by atoms with Crippen molar-refractivity contribution in [1.82, 2.24) is 5.32 Å². The summed E-state index contributed by atoms with van der Waals surface area (Å²) < 4.78 is 38.1. The molecule has 0 fully saturated rings. The monoisotopic (exact) mass is 539 g/mol. The second kappa shape index (κ2) is 14.6. The first-order chi connectivity index (χ1) is 18.8. The average molecular weight is 540 g/mol. The summed E-state index contributed by atoms with van der Waals surface area (Å²) in [6.07, 6.45) is 5.60. The molecule has 0 aliphatic rings. The number of hydrogen-bond acceptors (Lipinski definition) is 5. The molecule has 7 nitrogen and oxygen atoms in total. The number of esters is 1. The molecule has 9 heteroatoms. The van der Waals surface area contributed by atoms with Crippen molar-refractivity contribution in [3.63, 3.8) is 0 Å². The number of hydrogen-bond donors (Lipinski definition) is 2. The molecule has 39 heavy (non-hydrogen) atoms. The summed E-state index contributed by atoms with van der Waals surface area (Å²) in [5, 5.41) is 11.7. The number of halogens is 2. The molecule has 0 aromatic heterocycles. The number of amides is 1. The van der Waals surface area contributed by atoms with E-state index < -0.39 is 41.1 Å². The van der Waals surface area contributed by atoms with Gasteiger partial charge < -0.3 is 19.9 Å². The minimum atomic E-state index is -1.37. The quantitative estimate of drug-likeness (QED) is 0.149. The summed E-state index contributed by atoms with van der Waals surface area (Å²) in [4.78, 5) is 36.5. The van der Waals surface area contributed by atoms with Gasteiger partial charge in [-0.05, 0) is 60.5 Å². The zero-order valence-corrected chi connectivity index (χ0v) is 21.6. The molecule has 0 saturated heterocycles. The number of ether oxygens (including phenoxy) is 2. The van der Waals surface area contributed by atoms with E-state index in [9.17, 15) is 28.3 Å². The second-order valence-electron chi connectivity index (χ2n) is 9.01. The molecule has 1 atom stereocenters. The van der Waals surface area contributed by atoms with Gasteiger partial charge in [-0.2, -0.15) is 0 Å². The fourth-order valence-electron chi connectivity index (χ4n) is 3.79. The molecule has 0 radical (unpaired) electrons. The van der Waals surface area contributed by atoms with E-state index in [1.54, 1.807) is 36.4 Å². The smallest absolute Gasteiger partial charge is 0.343 e. The van der Waals surface area contributed by atoms with Gasteiger partial charge in [0.2, 0.25) is 0 Å². The molecular weight excluding hydrogens is 508 g/mol. The van der Waals surface area contributed by atoms with Crippen molar-refractivity contribution in [2.45, 2.75) is 51.5 Å². The average Bonchev–Trinajstić information content (AvgIpc) is 2.91. The van der Waals surface area contributed by atoms with E-state index in [1.165, 1.54) is 31.4 Å². The Morgan fingerprint density at radius 1 is 0.872 bits per heavy atom. The molecule has 0 saturated carbocycles. The van der Waals surface area contributed by atoms with Crippen molar-refractivity contribution in [3.05, 3.63) is 95.1 Å². The number of rotatable bonds is 14.